The van der Waals surface area contributed by atoms with Crippen molar-refractivity contribution >= 4 is 0 Å². The molecule has 0 aliphatic heterocycles. The van der Waals surface area contributed by atoms with Crippen molar-refractivity contribution in [3.63, 3.8) is 0 Å². The summed E-state index contributed by atoms with van der Waals surface area (Å²) < 4.78 is 0. The van der Waals surface area contributed by atoms with Crippen molar-refractivity contribution in [2.45, 2.75) is 19.9 Å². The van der Waals surface area contributed by atoms with E-state index in [2.05, 4.69) is 19.2 Å². The molecule has 0 bridgehead atoms. The molecule has 0 unspecified atom stereocenters. The van der Waals surface area contributed by atoms with E-state index in [4.69, 9.17) is 5.73 Å². The largest absolute Gasteiger partial charge is 0.326 e. The maximum absolute atomic E-state index is 5.66. The second kappa shape index (κ2) is 3.87. The summed E-state index contributed by atoms with van der Waals surface area (Å²) in [6, 6.07) is 0.306. The molecule has 1 atom stereocenters. The highest BCUT2D eigenvalue weighted by atomic mass is 14.9. The van der Waals surface area contributed by atoms with E-state index in [1.807, 2.05) is 7.05 Å². The van der Waals surface area contributed by atoms with Crippen LogP contribution in [0.5, 0.6) is 0 Å². The number of hydrogen-bond acceptors (Lipinski definition) is 2. The predicted octanol–water partition coefficient (Wildman–Crippen LogP) is 0.189. The first-order chi connectivity index (χ1) is 3.68. The van der Waals surface area contributed by atoms with Gasteiger partial charge in [-0.3, -0.25) is 0 Å². The summed E-state index contributed by atoms with van der Waals surface area (Å²) in [7, 11) is 1.92. The van der Waals surface area contributed by atoms with E-state index in [1.165, 1.54) is 0 Å². The molecule has 0 spiro atoms. The van der Waals surface area contributed by atoms with Gasteiger partial charge in [-0.25, -0.2) is 0 Å². The molecule has 0 saturated carbocycles. The highest BCUT2D eigenvalue weighted by Gasteiger charge is 2.03. The normalized spacial score (nSPS) is 14.6. The zero-order chi connectivity index (χ0) is 6.57. The van der Waals surface area contributed by atoms with Crippen LogP contribution in [0.1, 0.15) is 13.8 Å². The van der Waals surface area contributed by atoms with Gasteiger partial charge in [0, 0.05) is 12.6 Å². The van der Waals surface area contributed by atoms with Gasteiger partial charge in [0.05, 0.1) is 0 Å². The number of nitrogens with one attached hydrogen (secondary N) is 1. The van der Waals surface area contributed by atoms with Gasteiger partial charge in [0.15, 0.2) is 0 Å². The van der Waals surface area contributed by atoms with E-state index in [9.17, 15) is 0 Å². The highest BCUT2D eigenvalue weighted by molar-refractivity contribution is 4.65. The fourth-order valence-electron chi connectivity index (χ4n) is 0.471. The molecule has 0 amide bonds. The Labute approximate surface area is 51.5 Å². The quantitative estimate of drug-likeness (QED) is 0.552. The van der Waals surface area contributed by atoms with Crippen LogP contribution >= 0.6 is 0 Å². The van der Waals surface area contributed by atoms with Gasteiger partial charge in [0.2, 0.25) is 0 Å². The lowest BCUT2D eigenvalue weighted by Gasteiger charge is -2.13. The van der Waals surface area contributed by atoms with Crippen molar-refractivity contribution in [3.05, 3.63) is 0 Å². The zero-order valence-electron chi connectivity index (χ0n) is 5.94. The number of hydrogen-bond donors (Lipinski definition) is 2. The van der Waals surface area contributed by atoms with Crippen LogP contribution in [0.2, 0.25) is 0 Å². The number of likely N-dealkylation sites (N-methyl/N-ethyl adjacent to an activating group) is 1. The molecule has 0 aromatic carbocycles. The van der Waals surface area contributed by atoms with Gasteiger partial charge < -0.3 is 11.1 Å². The maximum atomic E-state index is 5.66. The Morgan fingerprint density at radius 3 is 2.12 bits per heavy atom. The molecule has 0 aliphatic rings. The van der Waals surface area contributed by atoms with Crippen molar-refractivity contribution in [2.75, 3.05) is 13.6 Å². The van der Waals surface area contributed by atoms with Crippen LogP contribution < -0.4 is 11.1 Å². The van der Waals surface area contributed by atoms with Crippen LogP contribution in [0, 0.1) is 5.92 Å². The molecule has 0 fully saturated rings. The summed E-state index contributed by atoms with van der Waals surface area (Å²) >= 11 is 0. The van der Waals surface area contributed by atoms with Crippen LogP contribution in [0.4, 0.5) is 0 Å². The van der Waals surface area contributed by atoms with Crippen LogP contribution in [-0.4, -0.2) is 19.6 Å². The topological polar surface area (TPSA) is 38.0 Å². The standard InChI is InChI=1S/C6H16N2/c1-5(2)6(7)4-8-3/h5-6,8H,4,7H2,1-3H3/t6-/m1/s1. The highest BCUT2D eigenvalue weighted by Crippen LogP contribution is 1.94. The molecule has 0 saturated heterocycles. The van der Waals surface area contributed by atoms with Crippen LogP contribution in [0.25, 0.3) is 0 Å². The smallest absolute Gasteiger partial charge is 0.0188 e. The summed E-state index contributed by atoms with van der Waals surface area (Å²) in [4.78, 5) is 0. The molecular formula is C6H16N2. The second-order valence-electron chi connectivity index (χ2n) is 2.47. The molecule has 0 rings (SSSR count). The Hall–Kier alpha value is -0.0800. The maximum Gasteiger partial charge on any atom is 0.0188 e. The van der Waals surface area contributed by atoms with Crippen molar-refractivity contribution in [1.29, 1.82) is 0 Å². The fourth-order valence-corrected chi connectivity index (χ4v) is 0.471. The third kappa shape index (κ3) is 2.99. The minimum atomic E-state index is 0.306. The summed E-state index contributed by atoms with van der Waals surface area (Å²) in [5, 5.41) is 3.02. The van der Waals surface area contributed by atoms with Crippen molar-refractivity contribution in [3.8, 4) is 0 Å². The molecule has 0 radical (unpaired) electrons. The molecule has 0 aromatic rings. The Balaban J connectivity index is 3.17. The van der Waals surface area contributed by atoms with Crippen molar-refractivity contribution < 1.29 is 0 Å². The fraction of sp³-hybridized carbons (Fsp3) is 1.00. The van der Waals surface area contributed by atoms with Crippen LogP contribution in [0.15, 0.2) is 0 Å². The lowest BCUT2D eigenvalue weighted by molar-refractivity contribution is 0.474. The summed E-state index contributed by atoms with van der Waals surface area (Å²) in [6.45, 7) is 5.17. The molecule has 2 heteroatoms. The van der Waals surface area contributed by atoms with Gasteiger partial charge >= 0.3 is 0 Å². The van der Waals surface area contributed by atoms with Crippen LogP contribution in [0.3, 0.4) is 0 Å². The van der Waals surface area contributed by atoms with Gasteiger partial charge in [0.25, 0.3) is 0 Å². The monoisotopic (exact) mass is 116 g/mol. The second-order valence-corrected chi connectivity index (χ2v) is 2.47. The Kier molecular flexibility index (Phi) is 3.83. The average molecular weight is 116 g/mol. The van der Waals surface area contributed by atoms with E-state index < -0.39 is 0 Å². The van der Waals surface area contributed by atoms with Gasteiger partial charge in [0.1, 0.15) is 0 Å². The minimum absolute atomic E-state index is 0.306. The predicted molar refractivity (Wildman–Crippen MR) is 36.7 cm³/mol. The number of nitrogens with two attached hydrogens (primary N) is 1. The van der Waals surface area contributed by atoms with E-state index in [1.54, 1.807) is 0 Å². The van der Waals surface area contributed by atoms with Crippen molar-refractivity contribution in [1.82, 2.24) is 5.32 Å². The average Bonchev–Trinajstić information content (AvgIpc) is 1.67. The summed E-state index contributed by atoms with van der Waals surface area (Å²) in [5.41, 5.74) is 5.66. The lowest BCUT2D eigenvalue weighted by Crippen LogP contribution is -2.36. The minimum Gasteiger partial charge on any atom is -0.326 e. The van der Waals surface area contributed by atoms with E-state index in [-0.39, 0.29) is 0 Å². The van der Waals surface area contributed by atoms with E-state index in [0.717, 1.165) is 6.54 Å². The Morgan fingerprint density at radius 1 is 1.50 bits per heavy atom. The summed E-state index contributed by atoms with van der Waals surface area (Å²) in [5.74, 6) is 0.586. The zero-order valence-corrected chi connectivity index (χ0v) is 5.94. The van der Waals surface area contributed by atoms with Gasteiger partial charge in [-0.1, -0.05) is 13.8 Å². The molecule has 0 aromatic heterocycles. The molecule has 50 valence electrons. The molecule has 3 N–H and O–H groups in total. The van der Waals surface area contributed by atoms with E-state index in [0.29, 0.717) is 12.0 Å². The summed E-state index contributed by atoms with van der Waals surface area (Å²) in [6.07, 6.45) is 0. The molecular weight excluding hydrogens is 100 g/mol. The third-order valence-corrected chi connectivity index (χ3v) is 1.30. The SMILES string of the molecule is CNC[C@@H](N)C(C)C. The first-order valence-corrected chi connectivity index (χ1v) is 3.08. The Morgan fingerprint density at radius 2 is 2.00 bits per heavy atom. The number of rotatable bonds is 3. The molecule has 2 nitrogen and oxygen atoms in total. The Bertz CT molecular complexity index is 52.5. The van der Waals surface area contributed by atoms with Gasteiger partial charge in [-0.15, -0.1) is 0 Å². The first-order valence-electron chi connectivity index (χ1n) is 3.08. The first kappa shape index (κ1) is 7.92. The molecule has 0 aliphatic carbocycles. The molecule has 0 heterocycles. The van der Waals surface area contributed by atoms with Gasteiger partial charge in [-0.05, 0) is 13.0 Å². The van der Waals surface area contributed by atoms with Gasteiger partial charge in [-0.2, -0.15) is 0 Å². The van der Waals surface area contributed by atoms with Crippen LogP contribution in [-0.2, 0) is 0 Å². The van der Waals surface area contributed by atoms with Crippen molar-refractivity contribution in [2.24, 2.45) is 11.7 Å². The molecule has 8 heavy (non-hydrogen) atoms. The third-order valence-electron chi connectivity index (χ3n) is 1.30. The van der Waals surface area contributed by atoms with E-state index >= 15 is 0 Å². The lowest BCUT2D eigenvalue weighted by atomic mass is 10.1.